The van der Waals surface area contributed by atoms with Crippen molar-refractivity contribution in [1.29, 1.82) is 0 Å². The molecule has 0 spiro atoms. The van der Waals surface area contributed by atoms with Crippen LogP contribution in [0.15, 0.2) is 52.7 Å². The van der Waals surface area contributed by atoms with Crippen LogP contribution in [0.3, 0.4) is 0 Å². The number of aromatic nitrogens is 1. The zero-order valence-electron chi connectivity index (χ0n) is 17.3. The fraction of sp³-hybridized carbons (Fsp3) is 0.238. The number of anilines is 2. The van der Waals surface area contributed by atoms with Crippen molar-refractivity contribution in [3.63, 3.8) is 0 Å². The average Bonchev–Trinajstić information content (AvgIpc) is 3.13. The first-order chi connectivity index (χ1) is 14.2. The summed E-state index contributed by atoms with van der Waals surface area (Å²) < 4.78 is 25.8. The van der Waals surface area contributed by atoms with Crippen molar-refractivity contribution >= 4 is 38.6 Å². The van der Waals surface area contributed by atoms with Gasteiger partial charge in [-0.1, -0.05) is 18.2 Å². The molecule has 1 heterocycles. The minimum atomic E-state index is -3.54. The number of hydrogen-bond donors (Lipinski definition) is 2. The Morgan fingerprint density at radius 2 is 1.90 bits per heavy atom. The standard InChI is InChI=1S/C21H24N4O3S2/c1-14-8-9-18(30(27,28)25(3)4)11-19(14)22-12-21(26)24-17-7-5-6-16(10-17)20-13-29-15(2)23-20/h5-11,13,22H,12H2,1-4H3,(H,24,26). The van der Waals surface area contributed by atoms with Crippen LogP contribution in [-0.2, 0) is 14.8 Å². The summed E-state index contributed by atoms with van der Waals surface area (Å²) in [5, 5.41) is 8.85. The number of nitrogens with zero attached hydrogens (tertiary/aromatic N) is 2. The number of carbonyl (C=O) groups is 1. The third-order valence-electron chi connectivity index (χ3n) is 4.49. The minimum absolute atomic E-state index is 0.00629. The molecule has 0 saturated carbocycles. The molecule has 9 heteroatoms. The van der Waals surface area contributed by atoms with Crippen LogP contribution < -0.4 is 10.6 Å². The molecule has 1 amide bonds. The summed E-state index contributed by atoms with van der Waals surface area (Å²) in [4.78, 5) is 17.1. The van der Waals surface area contributed by atoms with E-state index < -0.39 is 10.0 Å². The average molecular weight is 445 g/mol. The molecule has 0 saturated heterocycles. The van der Waals surface area contributed by atoms with Crippen molar-refractivity contribution < 1.29 is 13.2 Å². The molecule has 0 radical (unpaired) electrons. The predicted molar refractivity (Wildman–Crippen MR) is 121 cm³/mol. The number of thiazole rings is 1. The van der Waals surface area contributed by atoms with Gasteiger partial charge in [0.2, 0.25) is 15.9 Å². The first-order valence-corrected chi connectivity index (χ1v) is 11.6. The second kappa shape index (κ2) is 8.95. The van der Waals surface area contributed by atoms with Crippen LogP contribution in [0.25, 0.3) is 11.3 Å². The molecule has 3 rings (SSSR count). The largest absolute Gasteiger partial charge is 0.376 e. The number of aryl methyl sites for hydroxylation is 2. The minimum Gasteiger partial charge on any atom is -0.376 e. The van der Waals surface area contributed by atoms with E-state index in [9.17, 15) is 13.2 Å². The third kappa shape index (κ3) is 5.05. The number of carbonyl (C=O) groups excluding carboxylic acids is 1. The Kier molecular flexibility index (Phi) is 6.55. The quantitative estimate of drug-likeness (QED) is 0.579. The lowest BCUT2D eigenvalue weighted by Gasteiger charge is -2.15. The summed E-state index contributed by atoms with van der Waals surface area (Å²) in [6.45, 7) is 3.81. The van der Waals surface area contributed by atoms with Crippen molar-refractivity contribution in [3.05, 3.63) is 58.4 Å². The van der Waals surface area contributed by atoms with Gasteiger partial charge in [0.05, 0.1) is 22.1 Å². The highest BCUT2D eigenvalue weighted by Crippen LogP contribution is 2.24. The monoisotopic (exact) mass is 444 g/mol. The summed E-state index contributed by atoms with van der Waals surface area (Å²) in [5.41, 5.74) is 3.93. The Morgan fingerprint density at radius 3 is 2.57 bits per heavy atom. The Hall–Kier alpha value is -2.75. The fourth-order valence-electron chi connectivity index (χ4n) is 2.80. The van der Waals surface area contributed by atoms with E-state index in [4.69, 9.17) is 0 Å². The van der Waals surface area contributed by atoms with Crippen LogP contribution in [0.5, 0.6) is 0 Å². The lowest BCUT2D eigenvalue weighted by Crippen LogP contribution is -2.24. The van der Waals surface area contributed by atoms with Gasteiger partial charge < -0.3 is 10.6 Å². The number of benzene rings is 2. The third-order valence-corrected chi connectivity index (χ3v) is 7.07. The van der Waals surface area contributed by atoms with Crippen molar-refractivity contribution in [2.24, 2.45) is 0 Å². The van der Waals surface area contributed by atoms with Crippen molar-refractivity contribution in [3.8, 4) is 11.3 Å². The maximum Gasteiger partial charge on any atom is 0.243 e. The zero-order valence-corrected chi connectivity index (χ0v) is 18.9. The van der Waals surface area contributed by atoms with Gasteiger partial charge in [-0.15, -0.1) is 11.3 Å². The molecule has 2 N–H and O–H groups in total. The van der Waals surface area contributed by atoms with E-state index in [0.717, 1.165) is 26.1 Å². The normalized spacial score (nSPS) is 11.5. The molecule has 2 aromatic carbocycles. The Morgan fingerprint density at radius 1 is 1.13 bits per heavy atom. The van der Waals surface area contributed by atoms with Crippen molar-refractivity contribution in [2.45, 2.75) is 18.7 Å². The van der Waals surface area contributed by atoms with Gasteiger partial charge in [-0.3, -0.25) is 4.79 Å². The van der Waals surface area contributed by atoms with E-state index in [1.165, 1.54) is 14.1 Å². The Bertz CT molecular complexity index is 1170. The molecular formula is C21H24N4O3S2. The molecule has 30 heavy (non-hydrogen) atoms. The number of sulfonamides is 1. The van der Waals surface area contributed by atoms with E-state index in [2.05, 4.69) is 15.6 Å². The predicted octanol–water partition coefficient (Wildman–Crippen LogP) is 3.73. The highest BCUT2D eigenvalue weighted by Gasteiger charge is 2.18. The molecule has 0 fully saturated rings. The Balaban J connectivity index is 1.68. The summed E-state index contributed by atoms with van der Waals surface area (Å²) in [6, 6.07) is 12.3. The molecule has 3 aromatic rings. The number of nitrogens with one attached hydrogen (secondary N) is 2. The van der Waals surface area contributed by atoms with Crippen molar-refractivity contribution in [2.75, 3.05) is 31.3 Å². The van der Waals surface area contributed by atoms with E-state index in [-0.39, 0.29) is 17.3 Å². The van der Waals surface area contributed by atoms with Gasteiger partial charge >= 0.3 is 0 Å². The molecule has 0 unspecified atom stereocenters. The second-order valence-electron chi connectivity index (χ2n) is 7.00. The number of amides is 1. The number of hydrogen-bond acceptors (Lipinski definition) is 6. The van der Waals surface area contributed by atoms with Gasteiger partial charge in [0.15, 0.2) is 0 Å². The van der Waals surface area contributed by atoms with Gasteiger partial charge in [0, 0.05) is 36.4 Å². The topological polar surface area (TPSA) is 91.4 Å². The van der Waals surface area contributed by atoms with Gasteiger partial charge in [-0.25, -0.2) is 17.7 Å². The zero-order chi connectivity index (χ0) is 21.9. The van der Waals surface area contributed by atoms with Crippen LogP contribution in [0.2, 0.25) is 0 Å². The first-order valence-electron chi connectivity index (χ1n) is 9.26. The van der Waals surface area contributed by atoms with Gasteiger partial charge in [0.1, 0.15) is 0 Å². The highest BCUT2D eigenvalue weighted by molar-refractivity contribution is 7.89. The SMILES string of the molecule is Cc1nc(-c2cccc(NC(=O)CNc3cc(S(=O)(=O)N(C)C)ccc3C)c2)cs1. The molecule has 7 nitrogen and oxygen atoms in total. The smallest absolute Gasteiger partial charge is 0.243 e. The fourth-order valence-corrected chi connectivity index (χ4v) is 4.35. The first kappa shape index (κ1) is 21.9. The van der Waals surface area contributed by atoms with Crippen LogP contribution >= 0.6 is 11.3 Å². The molecule has 0 aliphatic carbocycles. The van der Waals surface area contributed by atoms with Crippen LogP contribution in [0, 0.1) is 13.8 Å². The molecule has 0 atom stereocenters. The molecule has 1 aromatic heterocycles. The second-order valence-corrected chi connectivity index (χ2v) is 10.2. The lowest BCUT2D eigenvalue weighted by atomic mass is 10.1. The van der Waals surface area contributed by atoms with Gasteiger partial charge in [-0.2, -0.15) is 0 Å². The Labute approximate surface area is 180 Å². The molecule has 0 aliphatic rings. The summed E-state index contributed by atoms with van der Waals surface area (Å²) >= 11 is 1.58. The van der Waals surface area contributed by atoms with Crippen LogP contribution in [-0.4, -0.2) is 44.3 Å². The maximum atomic E-state index is 12.4. The summed E-state index contributed by atoms with van der Waals surface area (Å²) in [6.07, 6.45) is 0. The van der Waals surface area contributed by atoms with Crippen molar-refractivity contribution in [1.82, 2.24) is 9.29 Å². The summed E-state index contributed by atoms with van der Waals surface area (Å²) in [7, 11) is -0.579. The molecule has 0 aliphatic heterocycles. The van der Waals surface area contributed by atoms with Crippen LogP contribution in [0.4, 0.5) is 11.4 Å². The van der Waals surface area contributed by atoms with E-state index in [1.807, 2.05) is 43.5 Å². The maximum absolute atomic E-state index is 12.4. The molecular weight excluding hydrogens is 420 g/mol. The highest BCUT2D eigenvalue weighted by atomic mass is 32.2. The van der Waals surface area contributed by atoms with Gasteiger partial charge in [0.25, 0.3) is 0 Å². The molecule has 0 bridgehead atoms. The van der Waals surface area contributed by atoms with Crippen LogP contribution in [0.1, 0.15) is 10.6 Å². The van der Waals surface area contributed by atoms with E-state index >= 15 is 0 Å². The molecule has 158 valence electrons. The number of rotatable bonds is 7. The van der Waals surface area contributed by atoms with E-state index in [1.54, 1.807) is 29.5 Å². The lowest BCUT2D eigenvalue weighted by molar-refractivity contribution is -0.114. The van der Waals surface area contributed by atoms with Gasteiger partial charge in [-0.05, 0) is 43.7 Å². The summed E-state index contributed by atoms with van der Waals surface area (Å²) in [5.74, 6) is -0.234. The van der Waals surface area contributed by atoms with E-state index in [0.29, 0.717) is 11.4 Å².